The molecule has 4 heterocycles. The van der Waals surface area contributed by atoms with Crippen molar-refractivity contribution in [2.75, 3.05) is 26.2 Å². The topological polar surface area (TPSA) is 70.8 Å². The van der Waals surface area contributed by atoms with Gasteiger partial charge in [0.05, 0.1) is 5.69 Å². The van der Waals surface area contributed by atoms with E-state index in [0.29, 0.717) is 18.7 Å². The summed E-state index contributed by atoms with van der Waals surface area (Å²) in [6, 6.07) is 2.08. The van der Waals surface area contributed by atoms with Gasteiger partial charge in [-0.2, -0.15) is 5.10 Å². The smallest absolute Gasteiger partial charge is 0.225 e. The van der Waals surface area contributed by atoms with Gasteiger partial charge in [0.15, 0.2) is 5.65 Å². The van der Waals surface area contributed by atoms with Crippen molar-refractivity contribution in [1.29, 1.82) is 0 Å². The van der Waals surface area contributed by atoms with Crippen LogP contribution in [0.1, 0.15) is 74.0 Å². The fraction of sp³-hybridized carbons (Fsp3) is 0.680. The molecule has 5 rings (SSSR count). The van der Waals surface area contributed by atoms with E-state index in [1.54, 1.807) is 0 Å². The molecule has 0 N–H and O–H groups in total. The third-order valence-electron chi connectivity index (χ3n) is 7.75. The molecule has 7 heteroatoms. The van der Waals surface area contributed by atoms with E-state index in [0.717, 1.165) is 92.5 Å². The molecule has 1 atom stereocenters. The number of aromatic nitrogens is 3. The van der Waals surface area contributed by atoms with Crippen LogP contribution in [0.15, 0.2) is 6.07 Å². The predicted molar refractivity (Wildman–Crippen MR) is 122 cm³/mol. The lowest BCUT2D eigenvalue weighted by Crippen LogP contribution is -2.38. The fourth-order valence-corrected chi connectivity index (χ4v) is 5.34. The molecule has 0 bridgehead atoms. The van der Waals surface area contributed by atoms with Crippen molar-refractivity contribution in [1.82, 2.24) is 24.4 Å². The molecule has 2 aromatic heterocycles. The van der Waals surface area contributed by atoms with Crippen LogP contribution >= 0.6 is 0 Å². The van der Waals surface area contributed by atoms with Gasteiger partial charge in [-0.3, -0.25) is 9.59 Å². The minimum Gasteiger partial charge on any atom is -0.343 e. The molecule has 0 radical (unpaired) electrons. The van der Waals surface area contributed by atoms with E-state index in [1.165, 1.54) is 0 Å². The second-order valence-electron chi connectivity index (χ2n) is 10.2. The Balaban J connectivity index is 1.29. The molecular weight excluding hydrogens is 402 g/mol. The number of nitrogens with zero attached hydrogens (tertiary/aromatic N) is 5. The van der Waals surface area contributed by atoms with Crippen LogP contribution in [0.25, 0.3) is 5.65 Å². The normalized spacial score (nSPS) is 22.2. The molecule has 1 saturated carbocycles. The average molecular weight is 438 g/mol. The molecule has 2 aromatic rings. The van der Waals surface area contributed by atoms with Gasteiger partial charge in [-0.15, -0.1) is 0 Å². The van der Waals surface area contributed by atoms with Crippen molar-refractivity contribution in [3.63, 3.8) is 0 Å². The van der Waals surface area contributed by atoms with Gasteiger partial charge < -0.3 is 9.80 Å². The first-order valence-electron chi connectivity index (χ1n) is 12.3. The number of carbonyl (C=O) groups excluding carboxylic acids is 2. The van der Waals surface area contributed by atoms with Crippen molar-refractivity contribution in [2.45, 2.75) is 71.6 Å². The van der Waals surface area contributed by atoms with Crippen molar-refractivity contribution < 1.29 is 9.59 Å². The molecule has 0 aromatic carbocycles. The Hall–Kier alpha value is -2.44. The Morgan fingerprint density at radius 1 is 1.03 bits per heavy atom. The number of likely N-dealkylation sites (tertiary alicyclic amines) is 2. The van der Waals surface area contributed by atoms with Crippen LogP contribution in [0.5, 0.6) is 0 Å². The lowest BCUT2D eigenvalue weighted by molar-refractivity contribution is -0.132. The zero-order valence-corrected chi connectivity index (χ0v) is 19.6. The first-order valence-corrected chi connectivity index (χ1v) is 12.3. The van der Waals surface area contributed by atoms with Crippen LogP contribution in [0.3, 0.4) is 0 Å². The van der Waals surface area contributed by atoms with E-state index < -0.39 is 0 Å². The van der Waals surface area contributed by atoms with E-state index >= 15 is 0 Å². The van der Waals surface area contributed by atoms with Gasteiger partial charge in [0.25, 0.3) is 0 Å². The van der Waals surface area contributed by atoms with E-state index in [9.17, 15) is 9.59 Å². The van der Waals surface area contributed by atoms with Gasteiger partial charge in [-0.05, 0) is 63.9 Å². The highest BCUT2D eigenvalue weighted by Gasteiger charge is 2.37. The summed E-state index contributed by atoms with van der Waals surface area (Å²) < 4.78 is 1.94. The number of carbonyl (C=O) groups is 2. The Morgan fingerprint density at radius 2 is 1.75 bits per heavy atom. The second kappa shape index (κ2) is 8.49. The standard InChI is InChI=1S/C25H35N5O2/c1-16-8-11-28(12-9-16)24(31)7-6-21-17(2)26-23-14-22(27-30(23)18(21)3)20-10-13-29(15-20)25(32)19-4-5-19/h14,16,19-20H,4-13,15H2,1-3H3. The van der Waals surface area contributed by atoms with E-state index in [2.05, 4.69) is 19.9 Å². The molecule has 1 aliphatic carbocycles. The SMILES string of the molecule is Cc1nc2cc(C3CCN(C(=O)C4CC4)C3)nn2c(C)c1CCC(=O)N1CCC(C)CC1. The van der Waals surface area contributed by atoms with Gasteiger partial charge in [-0.1, -0.05) is 6.92 Å². The summed E-state index contributed by atoms with van der Waals surface area (Å²) in [4.78, 5) is 34.0. The molecule has 2 amide bonds. The van der Waals surface area contributed by atoms with E-state index in [-0.39, 0.29) is 17.7 Å². The van der Waals surface area contributed by atoms with Crippen LogP contribution in [-0.4, -0.2) is 62.4 Å². The van der Waals surface area contributed by atoms with Gasteiger partial charge in [0, 0.05) is 61.9 Å². The van der Waals surface area contributed by atoms with Crippen molar-refractivity contribution >= 4 is 17.5 Å². The fourth-order valence-electron chi connectivity index (χ4n) is 5.34. The Kier molecular flexibility index (Phi) is 5.68. The number of hydrogen-bond donors (Lipinski definition) is 0. The minimum atomic E-state index is 0.253. The number of piperidine rings is 1. The molecule has 7 nitrogen and oxygen atoms in total. The zero-order chi connectivity index (χ0) is 22.4. The van der Waals surface area contributed by atoms with Gasteiger partial charge >= 0.3 is 0 Å². The molecule has 32 heavy (non-hydrogen) atoms. The van der Waals surface area contributed by atoms with Crippen LogP contribution in [-0.2, 0) is 16.0 Å². The van der Waals surface area contributed by atoms with Gasteiger partial charge in [0.2, 0.25) is 11.8 Å². The Labute approximate surface area is 190 Å². The van der Waals surface area contributed by atoms with Crippen LogP contribution in [0.4, 0.5) is 0 Å². The average Bonchev–Trinajstić information content (AvgIpc) is 3.35. The summed E-state index contributed by atoms with van der Waals surface area (Å²) in [7, 11) is 0. The number of hydrogen-bond acceptors (Lipinski definition) is 4. The Bertz CT molecular complexity index is 1030. The number of rotatable bonds is 5. The molecule has 2 saturated heterocycles. The largest absolute Gasteiger partial charge is 0.343 e. The van der Waals surface area contributed by atoms with Crippen molar-refractivity contribution in [3.8, 4) is 0 Å². The summed E-state index contributed by atoms with van der Waals surface area (Å²) >= 11 is 0. The first kappa shape index (κ1) is 21.4. The van der Waals surface area contributed by atoms with E-state index in [4.69, 9.17) is 10.1 Å². The molecule has 1 unspecified atom stereocenters. The summed E-state index contributed by atoms with van der Waals surface area (Å²) in [5.41, 5.74) is 5.08. The Morgan fingerprint density at radius 3 is 2.47 bits per heavy atom. The molecular formula is C25H35N5O2. The van der Waals surface area contributed by atoms with Crippen LogP contribution in [0, 0.1) is 25.7 Å². The maximum Gasteiger partial charge on any atom is 0.225 e. The van der Waals surface area contributed by atoms with Crippen molar-refractivity contribution in [3.05, 3.63) is 28.7 Å². The summed E-state index contributed by atoms with van der Waals surface area (Å²) in [5.74, 6) is 1.87. The highest BCUT2D eigenvalue weighted by molar-refractivity contribution is 5.81. The first-order chi connectivity index (χ1) is 15.4. The molecule has 3 fully saturated rings. The van der Waals surface area contributed by atoms with Crippen LogP contribution < -0.4 is 0 Å². The molecule has 2 aliphatic heterocycles. The molecule has 0 spiro atoms. The molecule has 3 aliphatic rings. The minimum absolute atomic E-state index is 0.253. The van der Waals surface area contributed by atoms with Crippen molar-refractivity contribution in [2.24, 2.45) is 11.8 Å². The number of fused-ring (bicyclic) bond motifs is 1. The number of amides is 2. The quantitative estimate of drug-likeness (QED) is 0.720. The third kappa shape index (κ3) is 4.14. The van der Waals surface area contributed by atoms with Gasteiger partial charge in [0.1, 0.15) is 0 Å². The maximum absolute atomic E-state index is 12.7. The number of aryl methyl sites for hydroxylation is 2. The van der Waals surface area contributed by atoms with E-state index in [1.807, 2.05) is 21.2 Å². The third-order valence-corrected chi connectivity index (χ3v) is 7.75. The van der Waals surface area contributed by atoms with Gasteiger partial charge in [-0.25, -0.2) is 9.50 Å². The summed E-state index contributed by atoms with van der Waals surface area (Å²) in [6.45, 7) is 9.77. The summed E-state index contributed by atoms with van der Waals surface area (Å²) in [6.07, 6.45) is 6.52. The van der Waals surface area contributed by atoms with Crippen LogP contribution in [0.2, 0.25) is 0 Å². The summed E-state index contributed by atoms with van der Waals surface area (Å²) in [5, 5.41) is 4.90. The lowest BCUT2D eigenvalue weighted by atomic mass is 9.98. The second-order valence-corrected chi connectivity index (χ2v) is 10.2. The zero-order valence-electron chi connectivity index (χ0n) is 19.6. The monoisotopic (exact) mass is 437 g/mol. The lowest BCUT2D eigenvalue weighted by Gasteiger charge is -2.30. The molecule has 172 valence electrons. The highest BCUT2D eigenvalue weighted by atomic mass is 16.2. The predicted octanol–water partition coefficient (Wildman–Crippen LogP) is 3.26. The maximum atomic E-state index is 12.7. The highest BCUT2D eigenvalue weighted by Crippen LogP contribution is 2.35.